The second kappa shape index (κ2) is 6.08. The van der Waals surface area contributed by atoms with E-state index in [1.807, 2.05) is 18.2 Å². The molecule has 22 heavy (non-hydrogen) atoms. The van der Waals surface area contributed by atoms with E-state index in [4.69, 9.17) is 0 Å². The highest BCUT2D eigenvalue weighted by atomic mass is 16.1. The summed E-state index contributed by atoms with van der Waals surface area (Å²) in [6.45, 7) is 6.45. The maximum absolute atomic E-state index is 11.0. The van der Waals surface area contributed by atoms with Gasteiger partial charge >= 0.3 is 0 Å². The molecule has 1 aromatic rings. The molecule has 0 saturated heterocycles. The molecule has 114 valence electrons. The Bertz CT molecular complexity index is 654. The minimum atomic E-state index is 0.482. The van der Waals surface area contributed by atoms with Crippen molar-refractivity contribution in [1.82, 2.24) is 0 Å². The molecule has 3 rings (SSSR count). The molecule has 1 heteroatoms. The second-order valence-electron chi connectivity index (χ2n) is 6.79. The van der Waals surface area contributed by atoms with Crippen molar-refractivity contribution >= 4 is 11.9 Å². The highest BCUT2D eigenvalue weighted by Crippen LogP contribution is 2.55. The van der Waals surface area contributed by atoms with Crippen molar-refractivity contribution in [2.45, 2.75) is 45.4 Å². The lowest BCUT2D eigenvalue weighted by molar-refractivity contribution is 0.112. The van der Waals surface area contributed by atoms with Crippen LogP contribution in [0.3, 0.4) is 0 Å². The third kappa shape index (κ3) is 2.72. The van der Waals surface area contributed by atoms with E-state index in [1.54, 1.807) is 0 Å². The van der Waals surface area contributed by atoms with Gasteiger partial charge in [-0.3, -0.25) is 4.79 Å². The summed E-state index contributed by atoms with van der Waals surface area (Å²) in [5.74, 6) is 0. The number of benzene rings is 1. The average molecular weight is 292 g/mol. The Balaban J connectivity index is 1.94. The lowest BCUT2D eigenvalue weighted by Crippen LogP contribution is -2.11. The maximum atomic E-state index is 11.0. The van der Waals surface area contributed by atoms with Gasteiger partial charge in [0.1, 0.15) is 6.29 Å². The summed E-state index contributed by atoms with van der Waals surface area (Å²) in [6, 6.07) is 7.81. The first-order chi connectivity index (χ1) is 10.7. The molecule has 1 saturated carbocycles. The number of carbonyl (C=O) groups is 1. The van der Waals surface area contributed by atoms with Gasteiger partial charge in [0, 0.05) is 5.56 Å². The van der Waals surface area contributed by atoms with Crippen LogP contribution < -0.4 is 0 Å². The van der Waals surface area contributed by atoms with Gasteiger partial charge in [0.2, 0.25) is 0 Å². The molecular formula is C21H24O. The van der Waals surface area contributed by atoms with Gasteiger partial charge in [-0.2, -0.15) is 0 Å². The predicted molar refractivity (Wildman–Crippen MR) is 92.8 cm³/mol. The first-order valence-electron chi connectivity index (χ1n) is 8.27. The van der Waals surface area contributed by atoms with Crippen molar-refractivity contribution in [3.05, 3.63) is 65.3 Å². The lowest BCUT2D eigenvalue weighted by atomic mass is 9.81. The Morgan fingerprint density at radius 2 is 2.00 bits per heavy atom. The summed E-state index contributed by atoms with van der Waals surface area (Å²) in [4.78, 5) is 11.0. The second-order valence-corrected chi connectivity index (χ2v) is 6.79. The van der Waals surface area contributed by atoms with Crippen LogP contribution in [0.5, 0.6) is 0 Å². The summed E-state index contributed by atoms with van der Waals surface area (Å²) < 4.78 is 0. The van der Waals surface area contributed by atoms with Gasteiger partial charge in [-0.05, 0) is 66.4 Å². The molecule has 0 heterocycles. The van der Waals surface area contributed by atoms with E-state index in [2.05, 4.69) is 31.7 Å². The molecule has 2 aliphatic rings. The predicted octanol–water partition coefficient (Wildman–Crippen LogP) is 5.74. The van der Waals surface area contributed by atoms with E-state index in [0.29, 0.717) is 5.41 Å². The number of rotatable bonds is 4. The van der Waals surface area contributed by atoms with Crippen molar-refractivity contribution in [2.24, 2.45) is 5.41 Å². The van der Waals surface area contributed by atoms with Gasteiger partial charge in [-0.1, -0.05) is 49.8 Å². The molecule has 0 aromatic heterocycles. The number of carbonyl (C=O) groups excluding carboxylic acids is 1. The Hall–Kier alpha value is -1.89. The zero-order valence-electron chi connectivity index (χ0n) is 13.4. The molecule has 0 radical (unpaired) electrons. The topological polar surface area (TPSA) is 17.1 Å². The fraction of sp³-hybridized carbons (Fsp3) is 0.381. The van der Waals surface area contributed by atoms with E-state index in [9.17, 15) is 4.79 Å². The van der Waals surface area contributed by atoms with Gasteiger partial charge in [0.15, 0.2) is 0 Å². The van der Waals surface area contributed by atoms with Gasteiger partial charge in [0.05, 0.1) is 0 Å². The molecule has 1 aromatic carbocycles. The quantitative estimate of drug-likeness (QED) is 0.647. The zero-order valence-corrected chi connectivity index (χ0v) is 13.4. The van der Waals surface area contributed by atoms with Crippen LogP contribution in [-0.4, -0.2) is 6.29 Å². The Kier molecular flexibility index (Phi) is 4.15. The van der Waals surface area contributed by atoms with Crippen LogP contribution in [0.15, 0.2) is 54.1 Å². The third-order valence-electron chi connectivity index (χ3n) is 5.27. The maximum Gasteiger partial charge on any atom is 0.150 e. The summed E-state index contributed by atoms with van der Waals surface area (Å²) in [7, 11) is 0. The first-order valence-corrected chi connectivity index (χ1v) is 8.27. The molecule has 0 unspecified atom stereocenters. The van der Waals surface area contributed by atoms with Crippen molar-refractivity contribution in [1.29, 1.82) is 0 Å². The van der Waals surface area contributed by atoms with Gasteiger partial charge in [-0.25, -0.2) is 0 Å². The fourth-order valence-corrected chi connectivity index (χ4v) is 4.18. The van der Waals surface area contributed by atoms with Crippen LogP contribution in [-0.2, 0) is 0 Å². The Labute approximate surface area is 133 Å². The largest absolute Gasteiger partial charge is 0.298 e. The molecule has 1 spiro atoms. The molecule has 0 bridgehead atoms. The molecule has 2 aliphatic carbocycles. The van der Waals surface area contributed by atoms with Crippen molar-refractivity contribution in [3.63, 3.8) is 0 Å². The summed E-state index contributed by atoms with van der Waals surface area (Å²) >= 11 is 0. The van der Waals surface area contributed by atoms with Crippen LogP contribution >= 0.6 is 0 Å². The fourth-order valence-electron chi connectivity index (χ4n) is 4.18. The van der Waals surface area contributed by atoms with Gasteiger partial charge in [0.25, 0.3) is 0 Å². The van der Waals surface area contributed by atoms with Gasteiger partial charge in [-0.15, -0.1) is 0 Å². The summed E-state index contributed by atoms with van der Waals surface area (Å²) in [5.41, 5.74) is 6.24. The minimum Gasteiger partial charge on any atom is -0.298 e. The van der Waals surface area contributed by atoms with Crippen LogP contribution in [0, 0.1) is 5.41 Å². The van der Waals surface area contributed by atoms with Crippen LogP contribution in [0.4, 0.5) is 0 Å². The number of aldehydes is 1. The third-order valence-corrected chi connectivity index (χ3v) is 5.27. The van der Waals surface area contributed by atoms with E-state index in [-0.39, 0.29) is 0 Å². The Morgan fingerprint density at radius 1 is 1.23 bits per heavy atom. The number of hydrogen-bond donors (Lipinski definition) is 0. The lowest BCUT2D eigenvalue weighted by Gasteiger charge is -2.23. The normalized spacial score (nSPS) is 20.2. The standard InChI is InChI=1S/C21H24O/c1-3-7-19-13-21(10-4-5-11-21)14-20(19)16(2)18-9-6-8-17(12-18)15-22/h3,6-9,12,15H,2,4-5,10-11,13-14H2,1H3/b7-3-. The highest BCUT2D eigenvalue weighted by molar-refractivity contribution is 5.83. The zero-order chi connectivity index (χ0) is 15.6. The smallest absolute Gasteiger partial charge is 0.150 e. The van der Waals surface area contributed by atoms with Gasteiger partial charge < -0.3 is 0 Å². The van der Waals surface area contributed by atoms with E-state index in [1.165, 1.54) is 43.3 Å². The summed E-state index contributed by atoms with van der Waals surface area (Å²) in [5, 5.41) is 0. The first kappa shape index (κ1) is 15.0. The molecule has 0 atom stereocenters. The monoisotopic (exact) mass is 292 g/mol. The van der Waals surface area contributed by atoms with E-state index < -0.39 is 0 Å². The van der Waals surface area contributed by atoms with Crippen LogP contribution in [0.2, 0.25) is 0 Å². The molecule has 0 amide bonds. The number of allylic oxidation sites excluding steroid dienone is 5. The molecule has 0 aliphatic heterocycles. The van der Waals surface area contributed by atoms with E-state index >= 15 is 0 Å². The molecule has 1 fully saturated rings. The minimum absolute atomic E-state index is 0.482. The van der Waals surface area contributed by atoms with Crippen molar-refractivity contribution in [2.75, 3.05) is 0 Å². The van der Waals surface area contributed by atoms with Crippen molar-refractivity contribution < 1.29 is 4.79 Å². The summed E-state index contributed by atoms with van der Waals surface area (Å²) in [6.07, 6.45) is 13.1. The highest BCUT2D eigenvalue weighted by Gasteiger charge is 2.40. The molecule has 0 N–H and O–H groups in total. The molecule has 1 nitrogen and oxygen atoms in total. The molecular weight excluding hydrogens is 268 g/mol. The number of hydrogen-bond acceptors (Lipinski definition) is 1. The van der Waals surface area contributed by atoms with Crippen LogP contribution in [0.25, 0.3) is 5.57 Å². The average Bonchev–Trinajstić information content (AvgIpc) is 3.14. The van der Waals surface area contributed by atoms with Crippen molar-refractivity contribution in [3.8, 4) is 0 Å². The SMILES string of the molecule is C=C(C1=C(/C=C\C)CC2(CCCC2)C1)c1cccc(C=O)c1. The Morgan fingerprint density at radius 3 is 2.68 bits per heavy atom. The van der Waals surface area contributed by atoms with Crippen LogP contribution in [0.1, 0.15) is 61.4 Å². The van der Waals surface area contributed by atoms with E-state index in [0.717, 1.165) is 29.4 Å².